The Morgan fingerprint density at radius 2 is 1.89 bits per heavy atom. The number of carboxylic acids is 1. The molecular weight excluding hydrogens is 342 g/mol. The van der Waals surface area contributed by atoms with Crippen LogP contribution in [0.3, 0.4) is 0 Å². The van der Waals surface area contributed by atoms with Gasteiger partial charge in [-0.3, -0.25) is 9.59 Å². The maximum Gasteiger partial charge on any atom is 0.303 e. The van der Waals surface area contributed by atoms with E-state index in [1.807, 2.05) is 48.5 Å². The van der Waals surface area contributed by atoms with Gasteiger partial charge in [-0.15, -0.1) is 0 Å². The van der Waals surface area contributed by atoms with Gasteiger partial charge in [0, 0.05) is 23.3 Å². The molecule has 27 heavy (non-hydrogen) atoms. The number of hydrogen-bond acceptors (Lipinski definition) is 3. The first-order valence-corrected chi connectivity index (χ1v) is 9.39. The van der Waals surface area contributed by atoms with Crippen LogP contribution in [0.25, 0.3) is 0 Å². The predicted molar refractivity (Wildman–Crippen MR) is 101 cm³/mol. The number of rotatable bonds is 6. The van der Waals surface area contributed by atoms with E-state index in [0.717, 1.165) is 29.7 Å². The van der Waals surface area contributed by atoms with E-state index in [4.69, 9.17) is 9.84 Å². The minimum atomic E-state index is -0.855. The van der Waals surface area contributed by atoms with Crippen LogP contribution in [-0.2, 0) is 15.0 Å². The van der Waals surface area contributed by atoms with Crippen molar-refractivity contribution in [1.29, 1.82) is 0 Å². The molecule has 0 radical (unpaired) electrons. The fourth-order valence-corrected chi connectivity index (χ4v) is 4.25. The SMILES string of the molecule is O=C(O)CCC(NC(=O)[C@@H]1C[C@]12CCOc1ccccc12)c1ccccc1. The van der Waals surface area contributed by atoms with E-state index in [1.165, 1.54) is 0 Å². The van der Waals surface area contributed by atoms with Crippen molar-refractivity contribution >= 4 is 11.9 Å². The van der Waals surface area contributed by atoms with Crippen molar-refractivity contribution in [2.45, 2.75) is 37.1 Å². The van der Waals surface area contributed by atoms with Crippen molar-refractivity contribution in [3.05, 3.63) is 65.7 Å². The molecule has 2 aromatic rings. The van der Waals surface area contributed by atoms with Crippen molar-refractivity contribution < 1.29 is 19.4 Å². The van der Waals surface area contributed by atoms with Crippen LogP contribution in [0.5, 0.6) is 5.75 Å². The van der Waals surface area contributed by atoms with Gasteiger partial charge in [0.1, 0.15) is 5.75 Å². The fourth-order valence-electron chi connectivity index (χ4n) is 4.25. The van der Waals surface area contributed by atoms with Crippen LogP contribution >= 0.6 is 0 Å². The summed E-state index contributed by atoms with van der Waals surface area (Å²) in [5, 5.41) is 12.2. The number of aliphatic carboxylic acids is 1. The number of fused-ring (bicyclic) bond motifs is 2. The standard InChI is InChI=1S/C22H23NO4/c24-20(25)11-10-18(15-6-2-1-3-7-15)23-21(26)17-14-22(17)12-13-27-19-9-5-4-8-16(19)22/h1-9,17-18H,10-14H2,(H,23,26)(H,24,25)/t17-,18?,22-/m0/s1. The number of carbonyl (C=O) groups excluding carboxylic acids is 1. The Kier molecular flexibility index (Phi) is 4.60. The minimum Gasteiger partial charge on any atom is -0.493 e. The molecule has 0 saturated heterocycles. The van der Waals surface area contributed by atoms with Gasteiger partial charge in [0.05, 0.1) is 12.6 Å². The Hall–Kier alpha value is -2.82. The Balaban J connectivity index is 1.51. The molecule has 0 bridgehead atoms. The number of hydrogen-bond donors (Lipinski definition) is 2. The van der Waals surface area contributed by atoms with Gasteiger partial charge in [0.15, 0.2) is 0 Å². The van der Waals surface area contributed by atoms with Crippen LogP contribution in [-0.4, -0.2) is 23.6 Å². The molecule has 1 fully saturated rings. The molecule has 1 aliphatic heterocycles. The lowest BCUT2D eigenvalue weighted by molar-refractivity contribution is -0.137. The monoisotopic (exact) mass is 365 g/mol. The van der Waals surface area contributed by atoms with Crippen molar-refractivity contribution in [1.82, 2.24) is 5.32 Å². The van der Waals surface area contributed by atoms with E-state index in [1.54, 1.807) is 0 Å². The topological polar surface area (TPSA) is 75.6 Å². The molecule has 2 N–H and O–H groups in total. The minimum absolute atomic E-state index is 0.00550. The second kappa shape index (κ2) is 7.06. The molecule has 5 heteroatoms. The maximum absolute atomic E-state index is 13.0. The van der Waals surface area contributed by atoms with Gasteiger partial charge in [-0.25, -0.2) is 0 Å². The molecule has 1 saturated carbocycles. The summed E-state index contributed by atoms with van der Waals surface area (Å²) >= 11 is 0. The zero-order valence-electron chi connectivity index (χ0n) is 15.1. The highest BCUT2D eigenvalue weighted by Crippen LogP contribution is 2.60. The molecule has 5 nitrogen and oxygen atoms in total. The molecule has 3 atom stereocenters. The third-order valence-corrected chi connectivity index (χ3v) is 5.79. The van der Waals surface area contributed by atoms with E-state index in [0.29, 0.717) is 13.0 Å². The van der Waals surface area contributed by atoms with Crippen LogP contribution in [0.15, 0.2) is 54.6 Å². The van der Waals surface area contributed by atoms with E-state index in [-0.39, 0.29) is 29.7 Å². The third kappa shape index (κ3) is 3.42. The molecule has 140 valence electrons. The van der Waals surface area contributed by atoms with Gasteiger partial charge in [0.2, 0.25) is 5.91 Å². The number of ether oxygens (including phenoxy) is 1. The Morgan fingerprint density at radius 3 is 2.67 bits per heavy atom. The number of benzene rings is 2. The number of carbonyl (C=O) groups is 2. The van der Waals surface area contributed by atoms with Crippen molar-refractivity contribution in [3.63, 3.8) is 0 Å². The van der Waals surface area contributed by atoms with Gasteiger partial charge >= 0.3 is 5.97 Å². The quantitative estimate of drug-likeness (QED) is 0.822. The first kappa shape index (κ1) is 17.6. The van der Waals surface area contributed by atoms with E-state index in [2.05, 4.69) is 11.4 Å². The molecule has 1 unspecified atom stereocenters. The zero-order chi connectivity index (χ0) is 18.9. The molecule has 1 heterocycles. The second-order valence-corrected chi connectivity index (χ2v) is 7.41. The van der Waals surface area contributed by atoms with Crippen LogP contribution in [0.4, 0.5) is 0 Å². The van der Waals surface area contributed by atoms with Gasteiger partial charge < -0.3 is 15.2 Å². The fraction of sp³-hybridized carbons (Fsp3) is 0.364. The molecule has 2 aliphatic rings. The maximum atomic E-state index is 13.0. The third-order valence-electron chi connectivity index (χ3n) is 5.79. The highest BCUT2D eigenvalue weighted by atomic mass is 16.5. The lowest BCUT2D eigenvalue weighted by Crippen LogP contribution is -2.34. The van der Waals surface area contributed by atoms with E-state index in [9.17, 15) is 9.59 Å². The Morgan fingerprint density at radius 1 is 1.15 bits per heavy atom. The lowest BCUT2D eigenvalue weighted by Gasteiger charge is -2.27. The summed E-state index contributed by atoms with van der Waals surface area (Å²) in [5.41, 5.74) is 1.93. The first-order chi connectivity index (χ1) is 13.1. The van der Waals surface area contributed by atoms with Crippen molar-refractivity contribution in [3.8, 4) is 5.75 Å². The summed E-state index contributed by atoms with van der Waals surface area (Å²) in [7, 11) is 0. The van der Waals surface area contributed by atoms with Crippen LogP contribution < -0.4 is 10.1 Å². The summed E-state index contributed by atoms with van der Waals surface area (Å²) in [4.78, 5) is 24.0. The molecule has 1 amide bonds. The number of nitrogens with one attached hydrogen (secondary N) is 1. The summed E-state index contributed by atoms with van der Waals surface area (Å²) in [6.45, 7) is 0.627. The summed E-state index contributed by atoms with van der Waals surface area (Å²) in [6, 6.07) is 17.2. The lowest BCUT2D eigenvalue weighted by atomic mass is 9.87. The molecule has 0 aromatic heterocycles. The molecule has 2 aromatic carbocycles. The smallest absolute Gasteiger partial charge is 0.303 e. The van der Waals surface area contributed by atoms with Gasteiger partial charge in [-0.2, -0.15) is 0 Å². The van der Waals surface area contributed by atoms with Crippen LogP contribution in [0, 0.1) is 5.92 Å². The summed E-state index contributed by atoms with van der Waals surface area (Å²) in [5.74, 6) is -0.0551. The molecule has 1 spiro atoms. The zero-order valence-corrected chi connectivity index (χ0v) is 15.1. The van der Waals surface area contributed by atoms with E-state index >= 15 is 0 Å². The van der Waals surface area contributed by atoms with Crippen molar-refractivity contribution in [2.24, 2.45) is 5.92 Å². The summed E-state index contributed by atoms with van der Waals surface area (Å²) in [6.07, 6.45) is 2.06. The molecule has 1 aliphatic carbocycles. The average Bonchev–Trinajstić information content (AvgIpc) is 3.40. The summed E-state index contributed by atoms with van der Waals surface area (Å²) < 4.78 is 5.75. The number of carboxylic acid groups (broad SMARTS) is 1. The van der Waals surface area contributed by atoms with Gasteiger partial charge in [-0.05, 0) is 30.9 Å². The predicted octanol–water partition coefficient (Wildman–Crippen LogP) is 3.45. The van der Waals surface area contributed by atoms with Gasteiger partial charge in [-0.1, -0.05) is 48.5 Å². The van der Waals surface area contributed by atoms with Crippen LogP contribution in [0.1, 0.15) is 42.9 Å². The normalized spacial score (nSPS) is 23.8. The molecular formula is C22H23NO4. The number of para-hydroxylation sites is 1. The van der Waals surface area contributed by atoms with E-state index < -0.39 is 5.97 Å². The largest absolute Gasteiger partial charge is 0.493 e. The highest BCUT2D eigenvalue weighted by molar-refractivity contribution is 5.85. The Bertz CT molecular complexity index is 850. The van der Waals surface area contributed by atoms with Crippen molar-refractivity contribution in [2.75, 3.05) is 6.61 Å². The highest BCUT2D eigenvalue weighted by Gasteiger charge is 2.61. The average molecular weight is 365 g/mol. The molecule has 4 rings (SSSR count). The van der Waals surface area contributed by atoms with Crippen LogP contribution in [0.2, 0.25) is 0 Å². The Labute approximate surface area is 158 Å². The second-order valence-electron chi connectivity index (χ2n) is 7.41. The number of amides is 1. The van der Waals surface area contributed by atoms with Gasteiger partial charge in [0.25, 0.3) is 0 Å². The first-order valence-electron chi connectivity index (χ1n) is 9.39.